The predicted molar refractivity (Wildman–Crippen MR) is 135 cm³/mol. The normalized spacial score (nSPS) is 20.9. The van der Waals surface area contributed by atoms with Crippen LogP contribution in [0.1, 0.15) is 30.3 Å². The average molecular weight is 508 g/mol. The fourth-order valence-corrected chi connectivity index (χ4v) is 4.96. The van der Waals surface area contributed by atoms with E-state index in [4.69, 9.17) is 24.6 Å². The van der Waals surface area contributed by atoms with E-state index in [2.05, 4.69) is 14.9 Å². The van der Waals surface area contributed by atoms with E-state index in [0.717, 1.165) is 11.3 Å². The summed E-state index contributed by atoms with van der Waals surface area (Å²) in [5.41, 5.74) is 9.18. The van der Waals surface area contributed by atoms with Crippen molar-refractivity contribution in [1.29, 1.82) is 0 Å². The maximum Gasteiger partial charge on any atom is 0.300 e. The number of morpholine rings is 1. The van der Waals surface area contributed by atoms with Crippen molar-refractivity contribution >= 4 is 34.7 Å². The van der Waals surface area contributed by atoms with Crippen molar-refractivity contribution in [2.75, 3.05) is 54.1 Å². The third-order valence-electron chi connectivity index (χ3n) is 6.90. The van der Waals surface area contributed by atoms with E-state index in [0.29, 0.717) is 81.0 Å². The number of aromatic nitrogens is 3. The van der Waals surface area contributed by atoms with E-state index in [1.165, 1.54) is 6.26 Å². The molecule has 6 rings (SSSR count). The number of hydrogen-bond acceptors (Lipinski definition) is 11. The van der Waals surface area contributed by atoms with Gasteiger partial charge in [0.05, 0.1) is 25.0 Å². The maximum atomic E-state index is 12.5. The lowest BCUT2D eigenvalue weighted by atomic mass is 10.1. The van der Waals surface area contributed by atoms with Gasteiger partial charge in [-0.05, 0) is 31.9 Å². The molecule has 1 atom stereocenters. The molecule has 3 aliphatic heterocycles. The van der Waals surface area contributed by atoms with Crippen LogP contribution in [0.5, 0.6) is 0 Å². The van der Waals surface area contributed by atoms with E-state index in [1.807, 2.05) is 30.0 Å². The van der Waals surface area contributed by atoms with Gasteiger partial charge < -0.3 is 34.5 Å². The zero-order valence-corrected chi connectivity index (χ0v) is 20.5. The smallest absolute Gasteiger partial charge is 0.300 e. The first kappa shape index (κ1) is 23.5. The van der Waals surface area contributed by atoms with Crippen LogP contribution in [-0.2, 0) is 14.3 Å². The van der Waals surface area contributed by atoms with Gasteiger partial charge in [0.2, 0.25) is 11.9 Å². The highest BCUT2D eigenvalue weighted by Crippen LogP contribution is 2.43. The topological polar surface area (TPSA) is 143 Å². The molecule has 0 spiro atoms. The van der Waals surface area contributed by atoms with Crippen LogP contribution >= 0.6 is 0 Å². The minimum absolute atomic E-state index is 0.201. The number of piperidine rings is 1. The number of rotatable bonds is 5. The molecular weight excluding hydrogens is 478 g/mol. The number of aryl methyl sites for hydroxylation is 1. The maximum absolute atomic E-state index is 12.5. The molecule has 3 aliphatic rings. The zero-order chi connectivity index (χ0) is 25.5. The Bertz CT molecular complexity index is 1340. The third kappa shape index (κ3) is 4.42. The second-order valence-electron chi connectivity index (χ2n) is 9.42. The number of amides is 1. The number of carbonyl (C=O) groups excluding carboxylic acids is 1. The van der Waals surface area contributed by atoms with Gasteiger partial charge in [-0.1, -0.05) is 0 Å². The Morgan fingerprint density at radius 3 is 2.62 bits per heavy atom. The van der Waals surface area contributed by atoms with E-state index in [1.54, 1.807) is 11.1 Å². The summed E-state index contributed by atoms with van der Waals surface area (Å²) in [5, 5.41) is 10.1. The zero-order valence-electron chi connectivity index (χ0n) is 20.5. The Labute approximate surface area is 213 Å². The number of aliphatic hydroxyl groups is 1. The lowest BCUT2D eigenvalue weighted by Gasteiger charge is -2.35. The number of hydrogen-bond donors (Lipinski definition) is 2. The fraction of sp³-hybridized carbons (Fsp3) is 0.440. The molecule has 12 heteroatoms. The Kier molecular flexibility index (Phi) is 6.05. The number of carbonyl (C=O) groups is 1. The SMILES string of the molecule is Cc1cc(C2OC=C(C(N)=O)N2c2cc3oc(N4CCOCC4)nc3nc2N2CCC(O)CC2)ccn1. The summed E-state index contributed by atoms with van der Waals surface area (Å²) in [5.74, 6) is -0.00498. The summed E-state index contributed by atoms with van der Waals surface area (Å²) < 4.78 is 17.6. The van der Waals surface area contributed by atoms with Crippen LogP contribution in [0.3, 0.4) is 0 Å². The van der Waals surface area contributed by atoms with Crippen molar-refractivity contribution in [2.24, 2.45) is 5.73 Å². The number of oxazole rings is 1. The predicted octanol–water partition coefficient (Wildman–Crippen LogP) is 1.59. The van der Waals surface area contributed by atoms with Gasteiger partial charge in [0.15, 0.2) is 11.4 Å². The number of pyridine rings is 2. The molecule has 0 bridgehead atoms. The number of anilines is 3. The summed E-state index contributed by atoms with van der Waals surface area (Å²) in [4.78, 5) is 32.3. The second kappa shape index (κ2) is 9.52. The highest BCUT2D eigenvalue weighted by Gasteiger charge is 2.37. The third-order valence-corrected chi connectivity index (χ3v) is 6.90. The van der Waals surface area contributed by atoms with Crippen molar-refractivity contribution in [1.82, 2.24) is 15.0 Å². The number of aliphatic hydroxyl groups excluding tert-OH is 1. The molecule has 0 aliphatic carbocycles. The summed E-state index contributed by atoms with van der Waals surface area (Å²) in [6.07, 6.45) is 3.30. The van der Waals surface area contributed by atoms with Crippen LogP contribution < -0.4 is 20.4 Å². The van der Waals surface area contributed by atoms with Gasteiger partial charge in [0.25, 0.3) is 11.9 Å². The van der Waals surface area contributed by atoms with Crippen LogP contribution in [0.25, 0.3) is 11.2 Å². The highest BCUT2D eigenvalue weighted by molar-refractivity contribution is 5.98. The monoisotopic (exact) mass is 507 g/mol. The van der Waals surface area contributed by atoms with Gasteiger partial charge in [0, 0.05) is 49.7 Å². The van der Waals surface area contributed by atoms with Gasteiger partial charge in [-0.2, -0.15) is 4.98 Å². The van der Waals surface area contributed by atoms with Crippen molar-refractivity contribution < 1.29 is 23.8 Å². The lowest BCUT2D eigenvalue weighted by molar-refractivity contribution is -0.114. The molecule has 0 saturated carbocycles. The van der Waals surface area contributed by atoms with Crippen molar-refractivity contribution in [2.45, 2.75) is 32.1 Å². The molecular formula is C25H29N7O5. The fourth-order valence-electron chi connectivity index (χ4n) is 4.96. The van der Waals surface area contributed by atoms with Crippen LogP contribution in [0.4, 0.5) is 17.5 Å². The number of fused-ring (bicyclic) bond motifs is 1. The van der Waals surface area contributed by atoms with Crippen LogP contribution in [0.15, 0.2) is 40.8 Å². The number of ether oxygens (including phenoxy) is 2. The number of nitrogens with zero attached hydrogens (tertiary/aromatic N) is 6. The van der Waals surface area contributed by atoms with Gasteiger partial charge >= 0.3 is 0 Å². The Balaban J connectivity index is 1.49. The number of nitrogens with two attached hydrogens (primary N) is 1. The molecule has 0 aromatic carbocycles. The summed E-state index contributed by atoms with van der Waals surface area (Å²) in [6, 6.07) is 6.07. The standard InChI is InChI=1S/C25H29N7O5/c1-15-12-16(2-5-27-15)24-32(19(14-36-24)21(26)34)18-13-20-22(28-23(18)30-6-3-17(33)4-7-30)29-25(37-20)31-8-10-35-11-9-31/h2,5,12-14,17,24,33H,3-4,6-11H2,1H3,(H2,26,34). The van der Waals surface area contributed by atoms with Crippen molar-refractivity contribution in [3.05, 3.63) is 47.6 Å². The van der Waals surface area contributed by atoms with Gasteiger partial charge in [-0.3, -0.25) is 14.7 Å². The molecule has 2 fully saturated rings. The summed E-state index contributed by atoms with van der Waals surface area (Å²) in [6.45, 7) is 5.65. The second-order valence-corrected chi connectivity index (χ2v) is 9.42. The van der Waals surface area contributed by atoms with Crippen molar-refractivity contribution in [3.63, 3.8) is 0 Å². The van der Waals surface area contributed by atoms with E-state index < -0.39 is 12.1 Å². The van der Waals surface area contributed by atoms with Gasteiger partial charge in [0.1, 0.15) is 12.0 Å². The summed E-state index contributed by atoms with van der Waals surface area (Å²) >= 11 is 0. The first-order valence-electron chi connectivity index (χ1n) is 12.4. The summed E-state index contributed by atoms with van der Waals surface area (Å²) in [7, 11) is 0. The molecule has 3 aromatic heterocycles. The van der Waals surface area contributed by atoms with Crippen LogP contribution in [0.2, 0.25) is 0 Å². The molecule has 1 unspecified atom stereocenters. The number of primary amides is 1. The largest absolute Gasteiger partial charge is 0.471 e. The minimum Gasteiger partial charge on any atom is -0.471 e. The minimum atomic E-state index is -0.654. The van der Waals surface area contributed by atoms with Crippen molar-refractivity contribution in [3.8, 4) is 0 Å². The highest BCUT2D eigenvalue weighted by atomic mass is 16.5. The molecule has 37 heavy (non-hydrogen) atoms. The van der Waals surface area contributed by atoms with Gasteiger partial charge in [-0.25, -0.2) is 4.98 Å². The molecule has 12 nitrogen and oxygen atoms in total. The van der Waals surface area contributed by atoms with Gasteiger partial charge in [-0.15, -0.1) is 0 Å². The molecule has 3 aromatic rings. The van der Waals surface area contributed by atoms with E-state index in [-0.39, 0.29) is 11.8 Å². The van der Waals surface area contributed by atoms with Crippen LogP contribution in [-0.4, -0.2) is 71.5 Å². The van der Waals surface area contributed by atoms with Crippen LogP contribution in [0, 0.1) is 6.92 Å². The molecule has 194 valence electrons. The molecule has 6 heterocycles. The van der Waals surface area contributed by atoms with E-state index in [9.17, 15) is 9.90 Å². The molecule has 0 radical (unpaired) electrons. The first-order chi connectivity index (χ1) is 18.0. The quantitative estimate of drug-likeness (QED) is 0.519. The Morgan fingerprint density at radius 1 is 1.11 bits per heavy atom. The Morgan fingerprint density at radius 2 is 1.89 bits per heavy atom. The molecule has 2 saturated heterocycles. The lowest BCUT2D eigenvalue weighted by Crippen LogP contribution is -2.38. The average Bonchev–Trinajstić information content (AvgIpc) is 3.53. The first-order valence-corrected chi connectivity index (χ1v) is 12.4. The molecule has 3 N–H and O–H groups in total. The Hall–Kier alpha value is -3.90. The van der Waals surface area contributed by atoms with E-state index >= 15 is 0 Å². The molecule has 1 amide bonds.